The lowest BCUT2D eigenvalue weighted by Crippen LogP contribution is -2.34. The lowest BCUT2D eigenvalue weighted by Gasteiger charge is -2.24. The Kier molecular flexibility index (Phi) is 6.77. The summed E-state index contributed by atoms with van der Waals surface area (Å²) in [7, 11) is 1.78. The Labute approximate surface area is 199 Å². The number of benzene rings is 1. The number of amides is 2. The summed E-state index contributed by atoms with van der Waals surface area (Å²) in [6.45, 7) is 2.91. The Morgan fingerprint density at radius 2 is 1.94 bits per heavy atom. The number of nitrogen functional groups attached to an aromatic ring is 1. The minimum atomic E-state index is -0.783. The van der Waals surface area contributed by atoms with Crippen molar-refractivity contribution < 1.29 is 18.4 Å². The maximum atomic E-state index is 14.2. The van der Waals surface area contributed by atoms with Crippen LogP contribution in [0.5, 0.6) is 0 Å². The fourth-order valence-corrected chi connectivity index (χ4v) is 5.00. The third-order valence-electron chi connectivity index (χ3n) is 5.64. The van der Waals surface area contributed by atoms with Crippen molar-refractivity contribution in [2.75, 3.05) is 29.0 Å². The Balaban J connectivity index is 1.54. The molecule has 0 aliphatic carbocycles. The van der Waals surface area contributed by atoms with Crippen molar-refractivity contribution in [2.24, 2.45) is 7.05 Å². The van der Waals surface area contributed by atoms with E-state index < -0.39 is 17.5 Å². The van der Waals surface area contributed by atoms with Gasteiger partial charge in [-0.3, -0.25) is 14.3 Å². The normalized spacial score (nSPS) is 16.2. The molecule has 1 aliphatic rings. The molecule has 34 heavy (non-hydrogen) atoms. The summed E-state index contributed by atoms with van der Waals surface area (Å²) in [5, 5.41) is 10.1. The molecule has 12 heteroatoms. The van der Waals surface area contributed by atoms with Gasteiger partial charge in [-0.05, 0) is 31.4 Å². The van der Waals surface area contributed by atoms with Crippen LogP contribution in [-0.4, -0.2) is 45.7 Å². The lowest BCUT2D eigenvalue weighted by atomic mass is 10.1. The van der Waals surface area contributed by atoms with Gasteiger partial charge in [0.15, 0.2) is 11.5 Å². The second-order valence-electron chi connectivity index (χ2n) is 8.10. The third-order valence-corrected chi connectivity index (χ3v) is 6.54. The summed E-state index contributed by atoms with van der Waals surface area (Å²) in [5.41, 5.74) is 6.02. The number of carbonyl (C=O) groups excluding carboxylic acids is 2. The van der Waals surface area contributed by atoms with E-state index >= 15 is 0 Å². The van der Waals surface area contributed by atoms with Crippen LogP contribution in [0, 0.1) is 11.6 Å². The van der Waals surface area contributed by atoms with Crippen LogP contribution in [0.25, 0.3) is 10.6 Å². The molecule has 1 unspecified atom stereocenters. The molecule has 0 radical (unpaired) electrons. The molecule has 1 saturated heterocycles. The van der Waals surface area contributed by atoms with Crippen LogP contribution in [0.15, 0.2) is 24.4 Å². The van der Waals surface area contributed by atoms with Gasteiger partial charge in [0, 0.05) is 33.1 Å². The predicted molar refractivity (Wildman–Crippen MR) is 127 cm³/mol. The monoisotopic (exact) mass is 489 g/mol. The maximum absolute atomic E-state index is 14.2. The highest BCUT2D eigenvalue weighted by atomic mass is 32.1. The smallest absolute Gasteiger partial charge is 0.277 e. The van der Waals surface area contributed by atoms with Gasteiger partial charge in [0.2, 0.25) is 5.91 Å². The number of rotatable bonds is 5. The quantitative estimate of drug-likeness (QED) is 0.507. The van der Waals surface area contributed by atoms with Crippen molar-refractivity contribution in [3.8, 4) is 10.6 Å². The molecule has 1 aliphatic heterocycles. The average Bonchev–Trinajstić information content (AvgIpc) is 3.23. The highest BCUT2D eigenvalue weighted by molar-refractivity contribution is 7.19. The zero-order valence-electron chi connectivity index (χ0n) is 18.8. The number of hydrogen-bond acceptors (Lipinski definition) is 7. The largest absolute Gasteiger partial charge is 0.389 e. The second-order valence-corrected chi connectivity index (χ2v) is 9.13. The van der Waals surface area contributed by atoms with Crippen molar-refractivity contribution in [1.29, 1.82) is 0 Å². The molecule has 9 nitrogen and oxygen atoms in total. The molecule has 4 rings (SSSR count). The number of halogens is 2. The predicted octanol–water partition coefficient (Wildman–Crippen LogP) is 3.15. The van der Waals surface area contributed by atoms with E-state index in [2.05, 4.69) is 25.6 Å². The van der Waals surface area contributed by atoms with E-state index in [0.717, 1.165) is 49.3 Å². The second kappa shape index (κ2) is 9.75. The van der Waals surface area contributed by atoms with Crippen molar-refractivity contribution in [2.45, 2.75) is 32.2 Å². The number of nitrogens with two attached hydrogens (primary N) is 1. The van der Waals surface area contributed by atoms with Crippen LogP contribution in [0.4, 0.5) is 25.3 Å². The van der Waals surface area contributed by atoms with Gasteiger partial charge in [-0.2, -0.15) is 5.10 Å². The fraction of sp³-hybridized carbons (Fsp3) is 0.364. The Hall–Kier alpha value is -3.54. The first-order chi connectivity index (χ1) is 16.2. The van der Waals surface area contributed by atoms with E-state index in [1.54, 1.807) is 11.7 Å². The van der Waals surface area contributed by atoms with E-state index in [1.807, 2.05) is 0 Å². The number of carbonyl (C=O) groups is 2. The van der Waals surface area contributed by atoms with Gasteiger partial charge in [0.05, 0.1) is 11.8 Å². The van der Waals surface area contributed by atoms with Gasteiger partial charge >= 0.3 is 0 Å². The minimum absolute atomic E-state index is 0.0128. The molecule has 0 saturated carbocycles. The van der Waals surface area contributed by atoms with Crippen molar-refractivity contribution in [3.63, 3.8) is 0 Å². The van der Waals surface area contributed by atoms with Crippen molar-refractivity contribution in [1.82, 2.24) is 20.1 Å². The first-order valence-electron chi connectivity index (χ1n) is 10.8. The van der Waals surface area contributed by atoms with E-state index in [-0.39, 0.29) is 33.2 Å². The summed E-state index contributed by atoms with van der Waals surface area (Å²) < 4.78 is 30.0. The standard InChI is InChI=1S/C22H25F2N7O2S/c1-12(32)27-13-5-4-9-31(10-8-13)22-16(11-26-30(22)2)28-20(33)18-19(25)34-21(29-18)17-14(23)6-3-7-15(17)24/h3,6-7,11,13H,4-5,8-10,25H2,1-2H3,(H,27,32)(H,28,33). The summed E-state index contributed by atoms with van der Waals surface area (Å²) in [6, 6.07) is 3.59. The van der Waals surface area contributed by atoms with Gasteiger partial charge in [0.25, 0.3) is 5.91 Å². The van der Waals surface area contributed by atoms with Gasteiger partial charge in [-0.25, -0.2) is 13.8 Å². The Morgan fingerprint density at radius 1 is 1.21 bits per heavy atom. The van der Waals surface area contributed by atoms with Crippen LogP contribution in [0.2, 0.25) is 0 Å². The highest BCUT2D eigenvalue weighted by Gasteiger charge is 2.25. The van der Waals surface area contributed by atoms with Gasteiger partial charge < -0.3 is 21.3 Å². The van der Waals surface area contributed by atoms with E-state index in [1.165, 1.54) is 19.2 Å². The molecule has 3 aromatic rings. The molecule has 180 valence electrons. The Morgan fingerprint density at radius 3 is 2.65 bits per heavy atom. The maximum Gasteiger partial charge on any atom is 0.277 e. The number of anilines is 3. The molecule has 1 aromatic carbocycles. The zero-order chi connectivity index (χ0) is 24.4. The molecule has 0 spiro atoms. The van der Waals surface area contributed by atoms with Gasteiger partial charge in [-0.1, -0.05) is 17.4 Å². The minimum Gasteiger partial charge on any atom is -0.389 e. The van der Waals surface area contributed by atoms with Crippen LogP contribution in [0.3, 0.4) is 0 Å². The van der Waals surface area contributed by atoms with E-state index in [4.69, 9.17) is 5.73 Å². The topological polar surface area (TPSA) is 118 Å². The molecule has 4 N–H and O–H groups in total. The lowest BCUT2D eigenvalue weighted by molar-refractivity contribution is -0.119. The molecule has 3 heterocycles. The number of hydrogen-bond donors (Lipinski definition) is 3. The molecular weight excluding hydrogens is 464 g/mol. The van der Waals surface area contributed by atoms with Crippen LogP contribution in [-0.2, 0) is 11.8 Å². The van der Waals surface area contributed by atoms with Crippen molar-refractivity contribution >= 4 is 39.7 Å². The van der Waals surface area contributed by atoms with Gasteiger partial charge in [0.1, 0.15) is 27.3 Å². The summed E-state index contributed by atoms with van der Waals surface area (Å²) in [5.74, 6) is -1.51. The summed E-state index contributed by atoms with van der Waals surface area (Å²) in [4.78, 5) is 30.6. The molecule has 2 amide bonds. The number of aromatic nitrogens is 3. The van der Waals surface area contributed by atoms with Crippen LogP contribution >= 0.6 is 11.3 Å². The van der Waals surface area contributed by atoms with E-state index in [9.17, 15) is 18.4 Å². The molecule has 0 bridgehead atoms. The molecule has 2 aromatic heterocycles. The number of nitrogens with one attached hydrogen (secondary N) is 2. The van der Waals surface area contributed by atoms with Crippen LogP contribution < -0.4 is 21.3 Å². The van der Waals surface area contributed by atoms with Crippen LogP contribution in [0.1, 0.15) is 36.7 Å². The SMILES string of the molecule is CC(=O)NC1CCCN(c2c(NC(=O)c3nc(-c4c(F)cccc4F)sc3N)cnn2C)CC1. The molecular formula is C22H25F2N7O2S. The Bertz CT molecular complexity index is 1210. The number of nitrogens with zero attached hydrogens (tertiary/aromatic N) is 4. The van der Waals surface area contributed by atoms with Crippen molar-refractivity contribution in [3.05, 3.63) is 41.7 Å². The fourth-order valence-electron chi connectivity index (χ4n) is 4.12. The third kappa shape index (κ3) is 4.86. The van der Waals surface area contributed by atoms with Gasteiger partial charge in [-0.15, -0.1) is 0 Å². The first kappa shape index (κ1) is 23.6. The highest BCUT2D eigenvalue weighted by Crippen LogP contribution is 2.34. The number of thiazole rings is 1. The number of aryl methyl sites for hydroxylation is 1. The molecule has 1 atom stereocenters. The molecule has 1 fully saturated rings. The average molecular weight is 490 g/mol. The first-order valence-corrected chi connectivity index (χ1v) is 11.6. The summed E-state index contributed by atoms with van der Waals surface area (Å²) in [6.07, 6.45) is 4.01. The zero-order valence-corrected chi connectivity index (χ0v) is 19.6. The summed E-state index contributed by atoms with van der Waals surface area (Å²) >= 11 is 0.840. The van der Waals surface area contributed by atoms with E-state index in [0.29, 0.717) is 18.1 Å².